The minimum Gasteiger partial charge on any atom is -0.493 e. The van der Waals surface area contributed by atoms with Gasteiger partial charge in [0.05, 0.1) is 30.4 Å². The Balaban J connectivity index is 1.61. The Kier molecular flexibility index (Phi) is 6.42. The number of nitrogens with one attached hydrogen (secondary N) is 1. The molecule has 2 aromatic carbocycles. The number of likely N-dealkylation sites (tertiary alicyclic amines) is 1. The first-order valence-corrected chi connectivity index (χ1v) is 10.3. The van der Waals surface area contributed by atoms with E-state index in [4.69, 9.17) is 14.5 Å². The van der Waals surface area contributed by atoms with Gasteiger partial charge in [0.2, 0.25) is 0 Å². The van der Waals surface area contributed by atoms with Gasteiger partial charge in [0.1, 0.15) is 17.7 Å². The second-order valence-electron chi connectivity index (χ2n) is 7.62. The van der Waals surface area contributed by atoms with Gasteiger partial charge in [0, 0.05) is 19.5 Å². The number of fused-ring (bicyclic) bond motifs is 1. The van der Waals surface area contributed by atoms with E-state index in [1.54, 1.807) is 0 Å². The van der Waals surface area contributed by atoms with Crippen molar-refractivity contribution in [1.82, 2.24) is 14.9 Å². The lowest BCUT2D eigenvalue weighted by atomic mass is 10.1. The molecule has 1 N–H and O–H groups in total. The summed E-state index contributed by atoms with van der Waals surface area (Å²) in [5.41, 5.74) is 2.91. The molecule has 1 fully saturated rings. The number of alkyl halides is 1. The molecule has 1 aromatic heterocycles. The quantitative estimate of drug-likeness (QED) is 0.569. The predicted octanol–water partition coefficient (Wildman–Crippen LogP) is 4.50. The maximum absolute atomic E-state index is 12.4. The maximum atomic E-state index is 12.4. The smallest absolute Gasteiger partial charge is 0.141 e. The van der Waals surface area contributed by atoms with Gasteiger partial charge in [-0.25, -0.2) is 4.98 Å². The molecule has 1 unspecified atom stereocenters. The second kappa shape index (κ2) is 9.37. The van der Waals surface area contributed by atoms with E-state index in [0.29, 0.717) is 13.0 Å². The molecule has 0 spiro atoms. The van der Waals surface area contributed by atoms with Gasteiger partial charge >= 0.3 is 0 Å². The number of aromatic amines is 1. The highest BCUT2D eigenvalue weighted by Gasteiger charge is 2.26. The average Bonchev–Trinajstić information content (AvgIpc) is 3.17. The van der Waals surface area contributed by atoms with E-state index < -0.39 is 0 Å². The Morgan fingerprint density at radius 1 is 1.17 bits per heavy atom. The van der Waals surface area contributed by atoms with Gasteiger partial charge in [0.25, 0.3) is 0 Å². The van der Waals surface area contributed by atoms with Crippen LogP contribution in [-0.4, -0.2) is 54.4 Å². The van der Waals surface area contributed by atoms with Crippen molar-refractivity contribution in [3.05, 3.63) is 59.9 Å². The first-order valence-electron chi connectivity index (χ1n) is 10.3. The minimum atomic E-state index is -0.374. The number of benzene rings is 2. The van der Waals surface area contributed by atoms with Crippen molar-refractivity contribution in [2.75, 3.05) is 33.4 Å². The molecule has 2 heterocycles. The number of ether oxygens (including phenoxy) is 2. The first kappa shape index (κ1) is 19.9. The fraction of sp³-hybridized carbons (Fsp3) is 0.435. The van der Waals surface area contributed by atoms with Gasteiger partial charge in [-0.2, -0.15) is 0 Å². The number of hydrogen-bond donors (Lipinski definition) is 1. The van der Waals surface area contributed by atoms with Gasteiger partial charge in [0.15, 0.2) is 0 Å². The van der Waals surface area contributed by atoms with Crippen LogP contribution < -0.4 is 4.74 Å². The summed E-state index contributed by atoms with van der Waals surface area (Å²) in [6, 6.07) is 15.9. The summed E-state index contributed by atoms with van der Waals surface area (Å²) in [5.74, 6) is 1.52. The zero-order valence-corrected chi connectivity index (χ0v) is 16.8. The van der Waals surface area contributed by atoms with Crippen LogP contribution in [0.4, 0.5) is 4.39 Å². The minimum absolute atomic E-state index is 0.181. The van der Waals surface area contributed by atoms with Crippen LogP contribution in [0, 0.1) is 0 Å². The summed E-state index contributed by atoms with van der Waals surface area (Å²) in [4.78, 5) is 10.5. The summed E-state index contributed by atoms with van der Waals surface area (Å²) in [5, 5.41) is 0. The van der Waals surface area contributed by atoms with Crippen LogP contribution in [0.3, 0.4) is 0 Å². The third-order valence-electron chi connectivity index (χ3n) is 5.36. The number of halogens is 1. The Morgan fingerprint density at radius 2 is 2.00 bits per heavy atom. The highest BCUT2D eigenvalue weighted by molar-refractivity contribution is 5.74. The number of nitrogens with zero attached hydrogens (tertiary/aromatic N) is 2. The maximum Gasteiger partial charge on any atom is 0.141 e. The molecule has 0 amide bonds. The molecule has 5 nitrogen and oxygen atoms in total. The van der Waals surface area contributed by atoms with E-state index in [1.165, 1.54) is 0 Å². The first-order chi connectivity index (χ1) is 14.2. The number of aromatic nitrogens is 2. The molecule has 0 bridgehead atoms. The zero-order chi connectivity index (χ0) is 20.1. The van der Waals surface area contributed by atoms with E-state index in [1.807, 2.05) is 48.5 Å². The molecule has 0 saturated carbocycles. The number of imidazole rings is 1. The zero-order valence-electron chi connectivity index (χ0n) is 16.8. The van der Waals surface area contributed by atoms with Crippen molar-refractivity contribution in [3.63, 3.8) is 0 Å². The molecule has 1 aliphatic rings. The van der Waals surface area contributed by atoms with Crippen molar-refractivity contribution in [2.45, 2.75) is 31.5 Å². The number of hydrogen-bond acceptors (Lipinski definition) is 4. The molecule has 6 heteroatoms. The topological polar surface area (TPSA) is 50.4 Å². The summed E-state index contributed by atoms with van der Waals surface area (Å²) >= 11 is 0. The predicted molar refractivity (Wildman–Crippen MR) is 112 cm³/mol. The Morgan fingerprint density at radius 3 is 2.79 bits per heavy atom. The third kappa shape index (κ3) is 4.95. The number of para-hydroxylation sites is 2. The summed E-state index contributed by atoms with van der Waals surface area (Å²) in [6.45, 7) is 2.05. The van der Waals surface area contributed by atoms with E-state index in [9.17, 15) is 4.39 Å². The van der Waals surface area contributed by atoms with Crippen LogP contribution in [0.2, 0.25) is 0 Å². The molecule has 154 valence electrons. The summed E-state index contributed by atoms with van der Waals surface area (Å²) < 4.78 is 24.7. The Labute approximate surface area is 170 Å². The van der Waals surface area contributed by atoms with Crippen molar-refractivity contribution < 1.29 is 13.9 Å². The van der Waals surface area contributed by atoms with Crippen LogP contribution in [0.15, 0.2) is 48.5 Å². The van der Waals surface area contributed by atoms with E-state index in [0.717, 1.165) is 54.1 Å². The molecule has 0 aliphatic carbocycles. The largest absolute Gasteiger partial charge is 0.493 e. The normalized spacial score (nSPS) is 16.9. The van der Waals surface area contributed by atoms with Crippen molar-refractivity contribution in [1.29, 1.82) is 0 Å². The van der Waals surface area contributed by atoms with E-state index in [2.05, 4.69) is 16.9 Å². The second-order valence-corrected chi connectivity index (χ2v) is 7.62. The Hall–Kier alpha value is -2.44. The molecule has 4 rings (SSSR count). The highest BCUT2D eigenvalue weighted by atomic mass is 19.1. The number of rotatable bonds is 8. The van der Waals surface area contributed by atoms with Gasteiger partial charge in [-0.05, 0) is 49.7 Å². The van der Waals surface area contributed by atoms with Gasteiger partial charge in [-0.15, -0.1) is 0 Å². The van der Waals surface area contributed by atoms with Crippen LogP contribution in [0.5, 0.6) is 5.75 Å². The number of piperidine rings is 1. The fourth-order valence-electron chi connectivity index (χ4n) is 3.72. The van der Waals surface area contributed by atoms with Crippen LogP contribution in [0.1, 0.15) is 36.8 Å². The average molecular weight is 397 g/mol. The van der Waals surface area contributed by atoms with E-state index >= 15 is 0 Å². The molecular formula is C23H28FN3O2. The monoisotopic (exact) mass is 397 g/mol. The summed E-state index contributed by atoms with van der Waals surface area (Å²) in [7, 11) is 2.14. The molecular weight excluding hydrogens is 369 g/mol. The van der Waals surface area contributed by atoms with Crippen molar-refractivity contribution >= 4 is 11.0 Å². The highest BCUT2D eigenvalue weighted by Crippen LogP contribution is 2.31. The number of H-pyrrole nitrogens is 1. The summed E-state index contributed by atoms with van der Waals surface area (Å²) in [6.07, 6.45) is 2.27. The molecule has 0 radical (unpaired) electrons. The molecule has 1 aliphatic heterocycles. The molecule has 1 atom stereocenters. The fourth-order valence-corrected chi connectivity index (χ4v) is 3.72. The van der Waals surface area contributed by atoms with Crippen LogP contribution >= 0.6 is 0 Å². The van der Waals surface area contributed by atoms with E-state index in [-0.39, 0.29) is 18.9 Å². The lowest BCUT2D eigenvalue weighted by molar-refractivity contribution is -0.0265. The van der Waals surface area contributed by atoms with Gasteiger partial charge in [-0.3, -0.25) is 4.39 Å². The molecule has 3 aromatic rings. The van der Waals surface area contributed by atoms with Crippen LogP contribution in [0.25, 0.3) is 11.0 Å². The Bertz CT molecular complexity index is 888. The van der Waals surface area contributed by atoms with Crippen molar-refractivity contribution in [3.8, 4) is 5.75 Å². The molecule has 1 saturated heterocycles. The van der Waals surface area contributed by atoms with Crippen molar-refractivity contribution in [2.24, 2.45) is 0 Å². The lowest BCUT2D eigenvalue weighted by Gasteiger charge is -2.31. The lowest BCUT2D eigenvalue weighted by Crippen LogP contribution is -2.35. The third-order valence-corrected chi connectivity index (χ3v) is 5.36. The van der Waals surface area contributed by atoms with Gasteiger partial charge < -0.3 is 19.4 Å². The SMILES string of the molecule is CN1CCC(OC(c2cccc(OCCCF)c2)c2nc3ccccc3[nH]2)CC1. The standard InChI is InChI=1S/C23H28FN3O2/c1-27-13-10-18(11-14-27)29-22(23-25-20-8-2-3-9-21(20)26-23)17-6-4-7-19(16-17)28-15-5-12-24/h2-4,6-9,16,18,22H,5,10-15H2,1H3,(H,25,26). The molecule has 29 heavy (non-hydrogen) atoms. The van der Waals surface area contributed by atoms with Gasteiger partial charge in [-0.1, -0.05) is 24.3 Å². The van der Waals surface area contributed by atoms with Crippen LogP contribution in [-0.2, 0) is 4.74 Å².